The second-order valence-electron chi connectivity index (χ2n) is 3.97. The maximum atomic E-state index is 10.7. The maximum absolute atomic E-state index is 10.7. The van der Waals surface area contributed by atoms with Crippen LogP contribution in [0.5, 0.6) is 5.75 Å². The van der Waals surface area contributed by atoms with Crippen molar-refractivity contribution in [2.75, 3.05) is 26.2 Å². The van der Waals surface area contributed by atoms with Crippen molar-refractivity contribution >= 4 is 17.6 Å². The largest absolute Gasteiger partial charge is 0.492 e. The Morgan fingerprint density at radius 2 is 2.00 bits per heavy atom. The predicted molar refractivity (Wildman–Crippen MR) is 71.3 cm³/mol. The van der Waals surface area contributed by atoms with Crippen molar-refractivity contribution in [2.24, 2.45) is 0 Å². The molecule has 100 valence electrons. The highest BCUT2D eigenvalue weighted by atomic mass is 35.5. The van der Waals surface area contributed by atoms with Crippen molar-refractivity contribution in [3.05, 3.63) is 29.3 Å². The van der Waals surface area contributed by atoms with E-state index in [2.05, 4.69) is 0 Å². The van der Waals surface area contributed by atoms with Gasteiger partial charge in [0.2, 0.25) is 0 Å². The summed E-state index contributed by atoms with van der Waals surface area (Å²) in [6, 6.07) is 7.11. The Morgan fingerprint density at radius 1 is 1.33 bits per heavy atom. The van der Waals surface area contributed by atoms with Gasteiger partial charge in [-0.15, -0.1) is 0 Å². The summed E-state index contributed by atoms with van der Waals surface area (Å²) in [4.78, 5) is 12.5. The minimum absolute atomic E-state index is 0.0534. The third-order valence-electron chi connectivity index (χ3n) is 2.39. The zero-order valence-corrected chi connectivity index (χ0v) is 11.2. The van der Waals surface area contributed by atoms with Crippen LogP contribution in [-0.2, 0) is 4.79 Å². The summed E-state index contributed by atoms with van der Waals surface area (Å²) in [5.74, 6) is -0.0684. The number of ether oxygens (including phenoxy) is 1. The molecule has 0 bridgehead atoms. The lowest BCUT2D eigenvalue weighted by molar-refractivity contribution is -0.138. The highest BCUT2D eigenvalue weighted by Gasteiger charge is 2.08. The fraction of sp³-hybridized carbons (Fsp3) is 0.462. The van der Waals surface area contributed by atoms with Gasteiger partial charge in [-0.3, -0.25) is 9.69 Å². The zero-order chi connectivity index (χ0) is 13.4. The molecule has 0 aliphatic rings. The molecule has 0 saturated heterocycles. The van der Waals surface area contributed by atoms with Gasteiger partial charge in [-0.2, -0.15) is 0 Å². The number of rotatable bonds is 8. The Labute approximate surface area is 112 Å². The summed E-state index contributed by atoms with van der Waals surface area (Å²) in [6.45, 7) is 3.90. The van der Waals surface area contributed by atoms with Gasteiger partial charge in [0.05, 0.1) is 6.54 Å². The number of carbonyl (C=O) groups is 1. The zero-order valence-electron chi connectivity index (χ0n) is 10.4. The first-order valence-corrected chi connectivity index (χ1v) is 6.32. The first-order valence-electron chi connectivity index (χ1n) is 5.94. The number of halogens is 1. The second kappa shape index (κ2) is 7.95. The van der Waals surface area contributed by atoms with Crippen molar-refractivity contribution in [1.29, 1.82) is 0 Å². The monoisotopic (exact) mass is 271 g/mol. The first kappa shape index (κ1) is 14.8. The Hall–Kier alpha value is -1.26. The van der Waals surface area contributed by atoms with Crippen molar-refractivity contribution in [3.8, 4) is 5.75 Å². The molecule has 1 aromatic carbocycles. The van der Waals surface area contributed by atoms with E-state index in [1.165, 1.54) is 0 Å². The summed E-state index contributed by atoms with van der Waals surface area (Å²) in [5.41, 5.74) is 0. The minimum Gasteiger partial charge on any atom is -0.492 e. The first-order chi connectivity index (χ1) is 8.61. The molecule has 0 heterocycles. The van der Waals surface area contributed by atoms with Crippen LogP contribution in [0.25, 0.3) is 0 Å². The summed E-state index contributed by atoms with van der Waals surface area (Å²) >= 11 is 5.77. The van der Waals surface area contributed by atoms with Gasteiger partial charge in [0.1, 0.15) is 12.4 Å². The molecule has 0 unspecified atom stereocenters. The molecule has 0 aromatic heterocycles. The van der Waals surface area contributed by atoms with Crippen LogP contribution in [0.1, 0.15) is 13.3 Å². The van der Waals surface area contributed by atoms with Gasteiger partial charge in [-0.1, -0.05) is 18.5 Å². The van der Waals surface area contributed by atoms with Crippen molar-refractivity contribution in [2.45, 2.75) is 13.3 Å². The highest BCUT2D eigenvalue weighted by Crippen LogP contribution is 2.15. The quantitative estimate of drug-likeness (QED) is 0.789. The van der Waals surface area contributed by atoms with E-state index >= 15 is 0 Å². The lowest BCUT2D eigenvalue weighted by Crippen LogP contribution is -2.34. The molecule has 4 nitrogen and oxygen atoms in total. The number of hydrogen-bond acceptors (Lipinski definition) is 3. The van der Waals surface area contributed by atoms with Gasteiger partial charge in [0.15, 0.2) is 0 Å². The van der Waals surface area contributed by atoms with E-state index < -0.39 is 5.97 Å². The van der Waals surface area contributed by atoms with E-state index in [4.69, 9.17) is 21.4 Å². The van der Waals surface area contributed by atoms with E-state index in [1.54, 1.807) is 24.3 Å². The molecule has 1 N–H and O–H groups in total. The van der Waals surface area contributed by atoms with E-state index in [0.717, 1.165) is 18.7 Å². The van der Waals surface area contributed by atoms with E-state index in [1.807, 2.05) is 11.8 Å². The van der Waals surface area contributed by atoms with E-state index in [-0.39, 0.29) is 6.54 Å². The molecular formula is C13H18ClNO3. The molecule has 5 heteroatoms. The maximum Gasteiger partial charge on any atom is 0.317 e. The van der Waals surface area contributed by atoms with Crippen molar-refractivity contribution in [1.82, 2.24) is 4.90 Å². The Morgan fingerprint density at radius 3 is 2.56 bits per heavy atom. The van der Waals surface area contributed by atoms with Crippen molar-refractivity contribution in [3.63, 3.8) is 0 Å². The highest BCUT2D eigenvalue weighted by molar-refractivity contribution is 6.30. The fourth-order valence-corrected chi connectivity index (χ4v) is 1.73. The van der Waals surface area contributed by atoms with Gasteiger partial charge < -0.3 is 9.84 Å². The molecule has 0 aliphatic heterocycles. The van der Waals surface area contributed by atoms with Crippen LogP contribution < -0.4 is 4.74 Å². The number of carboxylic acids is 1. The lowest BCUT2D eigenvalue weighted by atomic mass is 10.3. The summed E-state index contributed by atoms with van der Waals surface area (Å²) in [5, 5.41) is 9.43. The lowest BCUT2D eigenvalue weighted by Gasteiger charge is -2.19. The van der Waals surface area contributed by atoms with Gasteiger partial charge in [0, 0.05) is 11.6 Å². The van der Waals surface area contributed by atoms with Crippen LogP contribution in [0.2, 0.25) is 5.02 Å². The molecule has 1 aromatic rings. The van der Waals surface area contributed by atoms with E-state index in [0.29, 0.717) is 18.2 Å². The topological polar surface area (TPSA) is 49.8 Å². The van der Waals surface area contributed by atoms with Crippen LogP contribution in [0.15, 0.2) is 24.3 Å². The molecular weight excluding hydrogens is 254 g/mol. The third kappa shape index (κ3) is 5.89. The average molecular weight is 272 g/mol. The Bertz CT molecular complexity index is 367. The number of benzene rings is 1. The van der Waals surface area contributed by atoms with Crippen molar-refractivity contribution < 1.29 is 14.6 Å². The van der Waals surface area contributed by atoms with Crippen LogP contribution in [0.3, 0.4) is 0 Å². The molecule has 0 amide bonds. The van der Waals surface area contributed by atoms with Crippen LogP contribution in [-0.4, -0.2) is 42.2 Å². The molecule has 0 radical (unpaired) electrons. The second-order valence-corrected chi connectivity index (χ2v) is 4.41. The standard InChI is InChI=1S/C13H18ClNO3/c1-2-7-15(10-13(16)17)8-9-18-12-5-3-11(14)4-6-12/h3-6H,2,7-10H2,1H3,(H,16,17). The number of nitrogens with zero attached hydrogens (tertiary/aromatic N) is 1. The number of hydrogen-bond donors (Lipinski definition) is 1. The molecule has 18 heavy (non-hydrogen) atoms. The van der Waals surface area contributed by atoms with Crippen LogP contribution in [0, 0.1) is 0 Å². The van der Waals surface area contributed by atoms with Gasteiger partial charge in [0.25, 0.3) is 0 Å². The summed E-state index contributed by atoms with van der Waals surface area (Å²) < 4.78 is 5.53. The summed E-state index contributed by atoms with van der Waals surface area (Å²) in [7, 11) is 0. The number of aliphatic carboxylic acids is 1. The molecule has 0 atom stereocenters. The molecule has 1 rings (SSSR count). The van der Waals surface area contributed by atoms with Gasteiger partial charge in [-0.25, -0.2) is 0 Å². The smallest absolute Gasteiger partial charge is 0.317 e. The predicted octanol–water partition coefficient (Wildman–Crippen LogP) is 2.52. The van der Waals surface area contributed by atoms with Crippen LogP contribution in [0.4, 0.5) is 0 Å². The molecule has 0 fully saturated rings. The van der Waals surface area contributed by atoms with Gasteiger partial charge in [-0.05, 0) is 37.2 Å². The normalized spacial score (nSPS) is 10.6. The minimum atomic E-state index is -0.810. The Balaban J connectivity index is 2.33. The molecule has 0 aliphatic carbocycles. The third-order valence-corrected chi connectivity index (χ3v) is 2.64. The Kier molecular flexibility index (Phi) is 6.54. The van der Waals surface area contributed by atoms with Crippen LogP contribution >= 0.6 is 11.6 Å². The summed E-state index contributed by atoms with van der Waals surface area (Å²) in [6.07, 6.45) is 0.925. The molecule has 0 spiro atoms. The number of carboxylic acid groups (broad SMARTS) is 1. The fourth-order valence-electron chi connectivity index (χ4n) is 1.60. The molecule has 0 saturated carbocycles. The van der Waals surface area contributed by atoms with Gasteiger partial charge >= 0.3 is 5.97 Å². The SMILES string of the molecule is CCCN(CCOc1ccc(Cl)cc1)CC(=O)O. The van der Waals surface area contributed by atoms with E-state index in [9.17, 15) is 4.79 Å². The average Bonchev–Trinajstić information content (AvgIpc) is 2.31.